The molecule has 0 aliphatic carbocycles. The lowest BCUT2D eigenvalue weighted by Gasteiger charge is -2.11. The van der Waals surface area contributed by atoms with Crippen molar-refractivity contribution >= 4 is 17.7 Å². The summed E-state index contributed by atoms with van der Waals surface area (Å²) < 4.78 is 4.60. The summed E-state index contributed by atoms with van der Waals surface area (Å²) in [6.45, 7) is 3.38. The molecule has 0 aliphatic heterocycles. The van der Waals surface area contributed by atoms with Gasteiger partial charge in [-0.15, -0.1) is 0 Å². The van der Waals surface area contributed by atoms with Gasteiger partial charge in [0.25, 0.3) is 5.70 Å². The number of nitro groups is 1. The molecule has 0 aliphatic rings. The predicted molar refractivity (Wildman–Crippen MR) is 99.8 cm³/mol. The Kier molecular flexibility index (Phi) is 7.59. The first-order valence-electron chi connectivity index (χ1n) is 7.87. The number of methoxy groups -OCH3 is 1. The molecule has 0 heterocycles. The van der Waals surface area contributed by atoms with Crippen LogP contribution in [0.25, 0.3) is 6.08 Å². The molecule has 0 saturated carbocycles. The fourth-order valence-corrected chi connectivity index (χ4v) is 2.18. The second-order valence-corrected chi connectivity index (χ2v) is 5.71. The Morgan fingerprint density at radius 2 is 1.88 bits per heavy atom. The first kappa shape index (κ1) is 20.2. The lowest BCUT2D eigenvalue weighted by molar-refractivity contribution is -0.420. The Hall–Kier alpha value is -2.89. The Morgan fingerprint density at radius 1 is 1.28 bits per heavy atom. The van der Waals surface area contributed by atoms with E-state index in [1.807, 2.05) is 62.3 Å². The Bertz CT molecular complexity index is 701. The molecule has 0 N–H and O–H groups in total. The number of carbonyl (C=O) groups excluding carboxylic acids is 1. The second-order valence-electron chi connectivity index (χ2n) is 5.71. The Morgan fingerprint density at radius 3 is 2.32 bits per heavy atom. The van der Waals surface area contributed by atoms with Gasteiger partial charge in [0, 0.05) is 25.9 Å². The van der Waals surface area contributed by atoms with Crippen molar-refractivity contribution in [3.63, 3.8) is 0 Å². The molecule has 0 radical (unpaired) electrons. The molecule has 1 rings (SSSR count). The standard InChI is InChI=1S/C19H24N2O4/c1-6-17(19(22)25-5)18(21(23)24)13-14(2)7-8-15-9-11-16(12-10-15)20(3)4/h6-14H,1-5H3/b8-7+,17-6+,18-13+/t14-/m0/s1. The van der Waals surface area contributed by atoms with Crippen LogP contribution in [-0.4, -0.2) is 32.1 Å². The first-order valence-corrected chi connectivity index (χ1v) is 7.87. The van der Waals surface area contributed by atoms with E-state index in [1.54, 1.807) is 6.92 Å². The normalized spacial score (nSPS) is 13.6. The molecule has 6 nitrogen and oxygen atoms in total. The summed E-state index contributed by atoms with van der Waals surface area (Å²) in [5.41, 5.74) is 1.78. The smallest absolute Gasteiger partial charge is 0.344 e. The summed E-state index contributed by atoms with van der Waals surface area (Å²) in [5, 5.41) is 11.3. The van der Waals surface area contributed by atoms with Crippen LogP contribution >= 0.6 is 0 Å². The van der Waals surface area contributed by atoms with E-state index in [2.05, 4.69) is 4.74 Å². The molecule has 1 aromatic rings. The molecular weight excluding hydrogens is 320 g/mol. The Labute approximate surface area is 148 Å². The third-order valence-corrected chi connectivity index (χ3v) is 3.59. The third kappa shape index (κ3) is 5.91. The number of anilines is 1. The van der Waals surface area contributed by atoms with Gasteiger partial charge in [-0.3, -0.25) is 10.1 Å². The average Bonchev–Trinajstić information content (AvgIpc) is 2.59. The zero-order valence-corrected chi connectivity index (χ0v) is 15.2. The van der Waals surface area contributed by atoms with E-state index in [-0.39, 0.29) is 17.2 Å². The van der Waals surface area contributed by atoms with Crippen LogP contribution in [0.1, 0.15) is 19.4 Å². The number of esters is 1. The van der Waals surface area contributed by atoms with Gasteiger partial charge in [-0.1, -0.05) is 37.3 Å². The minimum Gasteiger partial charge on any atom is -0.465 e. The molecule has 6 heteroatoms. The van der Waals surface area contributed by atoms with Gasteiger partial charge >= 0.3 is 5.97 Å². The average molecular weight is 344 g/mol. The molecule has 0 spiro atoms. The van der Waals surface area contributed by atoms with Crippen LogP contribution in [-0.2, 0) is 9.53 Å². The monoisotopic (exact) mass is 344 g/mol. The van der Waals surface area contributed by atoms with Crippen molar-refractivity contribution in [3.05, 3.63) is 69.4 Å². The number of hydrogen-bond donors (Lipinski definition) is 0. The number of carbonyl (C=O) groups is 1. The van der Waals surface area contributed by atoms with Crippen molar-refractivity contribution in [1.82, 2.24) is 0 Å². The maximum atomic E-state index is 11.7. The van der Waals surface area contributed by atoms with E-state index < -0.39 is 10.9 Å². The van der Waals surface area contributed by atoms with Crippen LogP contribution < -0.4 is 4.90 Å². The maximum absolute atomic E-state index is 11.7. The summed E-state index contributed by atoms with van der Waals surface area (Å²) in [6.07, 6.45) is 6.57. The zero-order valence-electron chi connectivity index (χ0n) is 15.2. The molecule has 0 unspecified atom stereocenters. The Balaban J connectivity index is 2.99. The van der Waals surface area contributed by atoms with E-state index in [4.69, 9.17) is 0 Å². The van der Waals surface area contributed by atoms with Gasteiger partial charge in [-0.25, -0.2) is 4.79 Å². The van der Waals surface area contributed by atoms with Crippen molar-refractivity contribution in [2.75, 3.05) is 26.1 Å². The molecule has 0 amide bonds. The van der Waals surface area contributed by atoms with Crippen molar-refractivity contribution in [1.29, 1.82) is 0 Å². The molecule has 1 atom stereocenters. The predicted octanol–water partition coefficient (Wildman–Crippen LogP) is 3.68. The zero-order chi connectivity index (χ0) is 19.0. The van der Waals surface area contributed by atoms with Crippen molar-refractivity contribution in [2.45, 2.75) is 13.8 Å². The summed E-state index contributed by atoms with van der Waals surface area (Å²) in [7, 11) is 5.14. The van der Waals surface area contributed by atoms with Gasteiger partial charge in [0.15, 0.2) is 0 Å². The van der Waals surface area contributed by atoms with E-state index in [0.29, 0.717) is 0 Å². The maximum Gasteiger partial charge on any atom is 0.344 e. The number of allylic oxidation sites excluding steroid dienone is 3. The van der Waals surface area contributed by atoms with E-state index in [9.17, 15) is 14.9 Å². The van der Waals surface area contributed by atoms with Gasteiger partial charge in [0.05, 0.1) is 12.0 Å². The number of hydrogen-bond acceptors (Lipinski definition) is 5. The highest BCUT2D eigenvalue weighted by Crippen LogP contribution is 2.18. The molecule has 25 heavy (non-hydrogen) atoms. The second kappa shape index (κ2) is 9.42. The summed E-state index contributed by atoms with van der Waals surface area (Å²) in [6, 6.07) is 7.95. The van der Waals surface area contributed by atoms with Crippen molar-refractivity contribution in [3.8, 4) is 0 Å². The van der Waals surface area contributed by atoms with Crippen molar-refractivity contribution < 1.29 is 14.5 Å². The number of ether oxygens (including phenoxy) is 1. The lowest BCUT2D eigenvalue weighted by Crippen LogP contribution is -2.13. The summed E-state index contributed by atoms with van der Waals surface area (Å²) in [4.78, 5) is 24.4. The lowest BCUT2D eigenvalue weighted by atomic mass is 10.0. The minimum absolute atomic E-state index is 0.0527. The fourth-order valence-electron chi connectivity index (χ4n) is 2.18. The number of nitrogens with zero attached hydrogens (tertiary/aromatic N) is 2. The molecule has 1 aromatic carbocycles. The molecular formula is C19H24N2O4. The number of rotatable bonds is 7. The van der Waals surface area contributed by atoms with Gasteiger partial charge < -0.3 is 9.64 Å². The van der Waals surface area contributed by atoms with E-state index in [1.165, 1.54) is 19.3 Å². The highest BCUT2D eigenvalue weighted by molar-refractivity contribution is 5.92. The topological polar surface area (TPSA) is 72.7 Å². The highest BCUT2D eigenvalue weighted by atomic mass is 16.6. The highest BCUT2D eigenvalue weighted by Gasteiger charge is 2.24. The first-order chi connectivity index (χ1) is 11.8. The van der Waals surface area contributed by atoms with Gasteiger partial charge in [0.1, 0.15) is 5.57 Å². The van der Waals surface area contributed by atoms with Gasteiger partial charge in [-0.2, -0.15) is 0 Å². The molecule has 0 saturated heterocycles. The molecule has 0 aromatic heterocycles. The molecule has 134 valence electrons. The summed E-state index contributed by atoms with van der Waals surface area (Å²) >= 11 is 0. The van der Waals surface area contributed by atoms with E-state index in [0.717, 1.165) is 11.3 Å². The van der Waals surface area contributed by atoms with E-state index >= 15 is 0 Å². The van der Waals surface area contributed by atoms with Crippen LogP contribution in [0.5, 0.6) is 0 Å². The number of benzene rings is 1. The van der Waals surface area contributed by atoms with Crippen LogP contribution in [0, 0.1) is 16.0 Å². The molecule has 0 bridgehead atoms. The van der Waals surface area contributed by atoms with Gasteiger partial charge in [-0.05, 0) is 30.5 Å². The van der Waals surface area contributed by atoms with Crippen molar-refractivity contribution in [2.24, 2.45) is 5.92 Å². The van der Waals surface area contributed by atoms with Crippen LogP contribution in [0.2, 0.25) is 0 Å². The summed E-state index contributed by atoms with van der Waals surface area (Å²) in [5.74, 6) is -0.950. The fraction of sp³-hybridized carbons (Fsp3) is 0.316. The quantitative estimate of drug-likeness (QED) is 0.248. The van der Waals surface area contributed by atoms with Crippen LogP contribution in [0.15, 0.2) is 53.8 Å². The molecule has 0 fully saturated rings. The van der Waals surface area contributed by atoms with Crippen LogP contribution in [0.3, 0.4) is 0 Å². The van der Waals surface area contributed by atoms with Crippen LogP contribution in [0.4, 0.5) is 5.69 Å². The third-order valence-electron chi connectivity index (χ3n) is 3.59. The minimum atomic E-state index is -0.721. The largest absolute Gasteiger partial charge is 0.465 e. The SMILES string of the molecule is C/C=C(C(=O)OC)\C(=C/[C@@H](C)/C=C/c1ccc(N(C)C)cc1)[N+](=O)[O-]. The van der Waals surface area contributed by atoms with Gasteiger partial charge in [0.2, 0.25) is 0 Å².